The van der Waals surface area contributed by atoms with Gasteiger partial charge in [-0.3, -0.25) is 0 Å². The van der Waals surface area contributed by atoms with Gasteiger partial charge in [0.25, 0.3) is 0 Å². The molecule has 1 aromatic carbocycles. The first-order chi connectivity index (χ1) is 7.16. The minimum atomic E-state index is 0.399. The number of thiocarbonyl (C=S) groups is 1. The second-order valence-corrected chi connectivity index (χ2v) is 4.09. The SMILES string of the molecule is C=CCN(C(=S)c1ccccc1)C(C)C. The standard InChI is InChI=1S/C13H17NS/c1-4-10-14(11(2)3)13(15)12-8-6-5-7-9-12/h4-9,11H,1,10H2,2-3H3. The molecule has 0 aliphatic carbocycles. The lowest BCUT2D eigenvalue weighted by atomic mass is 10.2. The van der Waals surface area contributed by atoms with Gasteiger partial charge < -0.3 is 4.90 Å². The molecule has 15 heavy (non-hydrogen) atoms. The molecule has 0 aromatic heterocycles. The molecular formula is C13H17NS. The summed E-state index contributed by atoms with van der Waals surface area (Å²) < 4.78 is 0. The Morgan fingerprint density at radius 1 is 1.40 bits per heavy atom. The van der Waals surface area contributed by atoms with E-state index in [9.17, 15) is 0 Å². The van der Waals surface area contributed by atoms with Crippen LogP contribution in [0.4, 0.5) is 0 Å². The Labute approximate surface area is 97.4 Å². The Morgan fingerprint density at radius 3 is 2.47 bits per heavy atom. The van der Waals surface area contributed by atoms with E-state index in [1.165, 1.54) is 0 Å². The molecule has 0 saturated heterocycles. The maximum Gasteiger partial charge on any atom is 0.109 e. The maximum atomic E-state index is 5.46. The van der Waals surface area contributed by atoms with E-state index in [1.54, 1.807) is 0 Å². The van der Waals surface area contributed by atoms with Crippen LogP contribution in [0.1, 0.15) is 19.4 Å². The molecule has 2 heteroatoms. The Bertz CT molecular complexity index is 330. The highest BCUT2D eigenvalue weighted by Gasteiger charge is 2.12. The molecule has 1 aromatic rings. The van der Waals surface area contributed by atoms with Crippen LogP contribution in [0.25, 0.3) is 0 Å². The first-order valence-corrected chi connectivity index (χ1v) is 5.54. The number of hydrogen-bond donors (Lipinski definition) is 0. The molecule has 0 bridgehead atoms. The van der Waals surface area contributed by atoms with Crippen molar-refractivity contribution in [1.82, 2.24) is 4.90 Å². The Kier molecular flexibility index (Phi) is 4.50. The van der Waals surface area contributed by atoms with Gasteiger partial charge >= 0.3 is 0 Å². The van der Waals surface area contributed by atoms with Crippen molar-refractivity contribution in [3.63, 3.8) is 0 Å². The number of rotatable bonds is 4. The van der Waals surface area contributed by atoms with E-state index in [0.29, 0.717) is 6.04 Å². The van der Waals surface area contributed by atoms with Gasteiger partial charge in [0.05, 0.1) is 0 Å². The van der Waals surface area contributed by atoms with E-state index in [-0.39, 0.29) is 0 Å². The van der Waals surface area contributed by atoms with Gasteiger partial charge in [-0.2, -0.15) is 0 Å². The summed E-state index contributed by atoms with van der Waals surface area (Å²) in [6.07, 6.45) is 1.88. The number of nitrogens with zero attached hydrogens (tertiary/aromatic N) is 1. The van der Waals surface area contributed by atoms with Gasteiger partial charge in [0.2, 0.25) is 0 Å². The summed E-state index contributed by atoms with van der Waals surface area (Å²) >= 11 is 5.46. The fraction of sp³-hybridized carbons (Fsp3) is 0.308. The lowest BCUT2D eigenvalue weighted by Gasteiger charge is -2.28. The quantitative estimate of drug-likeness (QED) is 0.565. The van der Waals surface area contributed by atoms with Gasteiger partial charge in [0, 0.05) is 18.2 Å². The molecule has 0 radical (unpaired) electrons. The molecule has 0 spiro atoms. The maximum absolute atomic E-state index is 5.46. The van der Waals surface area contributed by atoms with E-state index in [2.05, 4.69) is 25.3 Å². The van der Waals surface area contributed by atoms with Crippen LogP contribution in [0.2, 0.25) is 0 Å². The fourth-order valence-corrected chi connectivity index (χ4v) is 1.84. The van der Waals surface area contributed by atoms with Crippen molar-refractivity contribution in [3.05, 3.63) is 48.6 Å². The van der Waals surface area contributed by atoms with E-state index in [0.717, 1.165) is 17.1 Å². The van der Waals surface area contributed by atoms with E-state index < -0.39 is 0 Å². The molecule has 0 N–H and O–H groups in total. The second kappa shape index (κ2) is 5.66. The highest BCUT2D eigenvalue weighted by molar-refractivity contribution is 7.80. The molecule has 1 nitrogen and oxygen atoms in total. The molecule has 0 atom stereocenters. The second-order valence-electron chi connectivity index (χ2n) is 3.71. The topological polar surface area (TPSA) is 3.24 Å². The van der Waals surface area contributed by atoms with Crippen molar-refractivity contribution in [1.29, 1.82) is 0 Å². The smallest absolute Gasteiger partial charge is 0.109 e. The zero-order valence-electron chi connectivity index (χ0n) is 9.31. The minimum Gasteiger partial charge on any atom is -0.356 e. The Morgan fingerprint density at radius 2 is 2.00 bits per heavy atom. The average molecular weight is 219 g/mol. The van der Waals surface area contributed by atoms with Crippen LogP contribution in [-0.4, -0.2) is 22.5 Å². The zero-order valence-corrected chi connectivity index (χ0v) is 10.1. The predicted molar refractivity (Wildman–Crippen MR) is 70.2 cm³/mol. The molecule has 80 valence electrons. The van der Waals surface area contributed by atoms with Crippen molar-refractivity contribution in [2.75, 3.05) is 6.54 Å². The molecule has 0 saturated carbocycles. The average Bonchev–Trinajstić information content (AvgIpc) is 2.26. The molecule has 0 heterocycles. The van der Waals surface area contributed by atoms with Crippen molar-refractivity contribution < 1.29 is 0 Å². The van der Waals surface area contributed by atoms with Gasteiger partial charge in [0.15, 0.2) is 0 Å². The molecular weight excluding hydrogens is 202 g/mol. The molecule has 0 aliphatic rings. The van der Waals surface area contributed by atoms with Crippen LogP contribution >= 0.6 is 12.2 Å². The van der Waals surface area contributed by atoms with Crippen LogP contribution in [0.15, 0.2) is 43.0 Å². The van der Waals surface area contributed by atoms with Crippen molar-refractivity contribution in [2.24, 2.45) is 0 Å². The van der Waals surface area contributed by atoms with E-state index in [1.807, 2.05) is 36.4 Å². The van der Waals surface area contributed by atoms with Gasteiger partial charge in [-0.15, -0.1) is 6.58 Å². The summed E-state index contributed by atoms with van der Waals surface area (Å²) in [5.41, 5.74) is 1.10. The molecule has 0 unspecified atom stereocenters. The highest BCUT2D eigenvalue weighted by atomic mass is 32.1. The predicted octanol–water partition coefficient (Wildman–Crippen LogP) is 3.26. The van der Waals surface area contributed by atoms with Crippen LogP contribution < -0.4 is 0 Å². The number of hydrogen-bond acceptors (Lipinski definition) is 1. The van der Waals surface area contributed by atoms with Crippen LogP contribution in [0.3, 0.4) is 0 Å². The van der Waals surface area contributed by atoms with Crippen molar-refractivity contribution in [2.45, 2.75) is 19.9 Å². The first kappa shape index (κ1) is 11.9. The van der Waals surface area contributed by atoms with Crippen LogP contribution in [0, 0.1) is 0 Å². The minimum absolute atomic E-state index is 0.399. The van der Waals surface area contributed by atoms with Gasteiger partial charge in [-0.05, 0) is 13.8 Å². The Balaban J connectivity index is 2.86. The van der Waals surface area contributed by atoms with Gasteiger partial charge in [-0.1, -0.05) is 48.6 Å². The summed E-state index contributed by atoms with van der Waals surface area (Å²) in [7, 11) is 0. The third kappa shape index (κ3) is 3.17. The fourth-order valence-electron chi connectivity index (χ4n) is 1.41. The third-order valence-electron chi connectivity index (χ3n) is 2.23. The van der Waals surface area contributed by atoms with Gasteiger partial charge in [-0.25, -0.2) is 0 Å². The van der Waals surface area contributed by atoms with E-state index >= 15 is 0 Å². The normalized spacial score (nSPS) is 10.1. The first-order valence-electron chi connectivity index (χ1n) is 5.13. The van der Waals surface area contributed by atoms with Crippen molar-refractivity contribution in [3.8, 4) is 0 Å². The van der Waals surface area contributed by atoms with Crippen LogP contribution in [0.5, 0.6) is 0 Å². The zero-order chi connectivity index (χ0) is 11.3. The summed E-state index contributed by atoms with van der Waals surface area (Å²) in [4.78, 5) is 3.06. The van der Waals surface area contributed by atoms with Crippen molar-refractivity contribution >= 4 is 17.2 Å². The largest absolute Gasteiger partial charge is 0.356 e. The molecule has 0 aliphatic heterocycles. The summed E-state index contributed by atoms with van der Waals surface area (Å²) in [5, 5.41) is 0. The highest BCUT2D eigenvalue weighted by Crippen LogP contribution is 2.09. The molecule has 1 rings (SSSR count). The third-order valence-corrected chi connectivity index (χ3v) is 2.70. The Hall–Kier alpha value is -1.15. The lowest BCUT2D eigenvalue weighted by Crippen LogP contribution is -2.36. The monoisotopic (exact) mass is 219 g/mol. The molecule has 0 fully saturated rings. The lowest BCUT2D eigenvalue weighted by molar-refractivity contribution is 0.390. The molecule has 0 amide bonds. The van der Waals surface area contributed by atoms with Gasteiger partial charge in [0.1, 0.15) is 4.99 Å². The number of benzene rings is 1. The van der Waals surface area contributed by atoms with Crippen LogP contribution in [-0.2, 0) is 0 Å². The summed E-state index contributed by atoms with van der Waals surface area (Å²) in [6.45, 7) is 8.83. The summed E-state index contributed by atoms with van der Waals surface area (Å²) in [5.74, 6) is 0. The summed E-state index contributed by atoms with van der Waals surface area (Å²) in [6, 6.07) is 10.5. The van der Waals surface area contributed by atoms with E-state index in [4.69, 9.17) is 12.2 Å².